The van der Waals surface area contributed by atoms with E-state index in [0.717, 1.165) is 44.7 Å². The first-order valence-electron chi connectivity index (χ1n) is 18.8. The number of aromatic nitrogens is 1. The van der Waals surface area contributed by atoms with Gasteiger partial charge >= 0.3 is 0 Å². The van der Waals surface area contributed by atoms with Crippen molar-refractivity contribution in [1.82, 2.24) is 4.57 Å². The van der Waals surface area contributed by atoms with Gasteiger partial charge in [-0.1, -0.05) is 133 Å². The number of anilines is 3. The number of hydrogen-bond donors (Lipinski definition) is 0. The normalized spacial score (nSPS) is 11.6. The van der Waals surface area contributed by atoms with Crippen LogP contribution >= 0.6 is 0 Å². The standard InChI is InChI=1S/C52H34N2O/c1-2-10-35(11-3-1)36-18-25-40(26-19-36)53(43-31-33-51-47(34-43)45-14-7-9-17-50(45)55-51)41-27-20-37(21-28-41)38-22-29-42(30-23-38)54-48-16-8-6-15-46(48)52-44-13-5-4-12-39(44)24-32-49(52)54/h1-34H. The lowest BCUT2D eigenvalue weighted by Gasteiger charge is -2.26. The largest absolute Gasteiger partial charge is 0.456 e. The molecule has 0 spiro atoms. The number of hydrogen-bond acceptors (Lipinski definition) is 2. The van der Waals surface area contributed by atoms with Crippen LogP contribution in [0, 0.1) is 0 Å². The summed E-state index contributed by atoms with van der Waals surface area (Å²) in [5.74, 6) is 0. The Morgan fingerprint density at radius 3 is 1.62 bits per heavy atom. The first-order valence-corrected chi connectivity index (χ1v) is 18.8. The van der Waals surface area contributed by atoms with Gasteiger partial charge in [0.25, 0.3) is 0 Å². The summed E-state index contributed by atoms with van der Waals surface area (Å²) >= 11 is 0. The fourth-order valence-electron chi connectivity index (χ4n) is 8.36. The summed E-state index contributed by atoms with van der Waals surface area (Å²) in [7, 11) is 0. The van der Waals surface area contributed by atoms with Crippen LogP contribution in [-0.2, 0) is 0 Å². The molecule has 3 heteroatoms. The first-order chi connectivity index (χ1) is 27.3. The molecular weight excluding hydrogens is 669 g/mol. The molecule has 3 nitrogen and oxygen atoms in total. The van der Waals surface area contributed by atoms with Gasteiger partial charge in [0.15, 0.2) is 0 Å². The summed E-state index contributed by atoms with van der Waals surface area (Å²) in [4.78, 5) is 2.33. The number of nitrogens with zero attached hydrogens (tertiary/aromatic N) is 2. The maximum Gasteiger partial charge on any atom is 0.135 e. The predicted octanol–water partition coefficient (Wildman–Crippen LogP) is 14.6. The van der Waals surface area contributed by atoms with Crippen LogP contribution in [0.2, 0.25) is 0 Å². The number of para-hydroxylation sites is 2. The molecule has 0 radical (unpaired) electrons. The minimum Gasteiger partial charge on any atom is -0.456 e. The molecule has 258 valence electrons. The van der Waals surface area contributed by atoms with Crippen molar-refractivity contribution in [2.75, 3.05) is 4.90 Å². The van der Waals surface area contributed by atoms with E-state index < -0.39 is 0 Å². The number of furan rings is 1. The second kappa shape index (κ2) is 12.6. The van der Waals surface area contributed by atoms with E-state index in [9.17, 15) is 0 Å². The van der Waals surface area contributed by atoms with Crippen molar-refractivity contribution in [3.8, 4) is 27.9 Å². The van der Waals surface area contributed by atoms with Crippen LogP contribution < -0.4 is 4.90 Å². The number of fused-ring (bicyclic) bond motifs is 8. The van der Waals surface area contributed by atoms with Crippen LogP contribution in [0.4, 0.5) is 17.1 Å². The molecule has 0 aliphatic carbocycles. The number of benzene rings is 9. The maximum absolute atomic E-state index is 6.20. The lowest BCUT2D eigenvalue weighted by Crippen LogP contribution is -2.09. The third-order valence-corrected chi connectivity index (χ3v) is 11.0. The summed E-state index contributed by atoms with van der Waals surface area (Å²) in [5.41, 5.74) is 13.3. The molecule has 0 saturated carbocycles. The maximum atomic E-state index is 6.20. The smallest absolute Gasteiger partial charge is 0.135 e. The van der Waals surface area contributed by atoms with Crippen LogP contribution in [0.3, 0.4) is 0 Å². The highest BCUT2D eigenvalue weighted by Crippen LogP contribution is 2.41. The third kappa shape index (κ3) is 5.20. The van der Waals surface area contributed by atoms with E-state index in [-0.39, 0.29) is 0 Å². The van der Waals surface area contributed by atoms with Crippen molar-refractivity contribution in [2.45, 2.75) is 0 Å². The molecule has 0 unspecified atom stereocenters. The fourth-order valence-corrected chi connectivity index (χ4v) is 8.36. The minimum absolute atomic E-state index is 0.886. The molecule has 9 aromatic carbocycles. The van der Waals surface area contributed by atoms with E-state index in [2.05, 4.69) is 204 Å². The van der Waals surface area contributed by atoms with Crippen molar-refractivity contribution in [3.05, 3.63) is 206 Å². The van der Waals surface area contributed by atoms with E-state index in [1.54, 1.807) is 0 Å². The van der Waals surface area contributed by atoms with Crippen LogP contribution in [0.25, 0.3) is 82.5 Å². The molecule has 11 rings (SSSR count). The third-order valence-electron chi connectivity index (χ3n) is 11.0. The molecule has 2 aromatic heterocycles. The van der Waals surface area contributed by atoms with Crippen molar-refractivity contribution >= 4 is 71.6 Å². The highest BCUT2D eigenvalue weighted by atomic mass is 16.3. The second-order valence-corrected chi connectivity index (χ2v) is 14.2. The summed E-state index contributed by atoms with van der Waals surface area (Å²) < 4.78 is 8.59. The Morgan fingerprint density at radius 1 is 0.345 bits per heavy atom. The van der Waals surface area contributed by atoms with E-state index in [0.29, 0.717) is 0 Å². The molecule has 0 bridgehead atoms. The Labute approximate surface area is 318 Å². The number of rotatable bonds is 6. The van der Waals surface area contributed by atoms with Gasteiger partial charge in [0.1, 0.15) is 11.2 Å². The van der Waals surface area contributed by atoms with Crippen LogP contribution in [0.1, 0.15) is 0 Å². The van der Waals surface area contributed by atoms with Gasteiger partial charge in [-0.25, -0.2) is 0 Å². The van der Waals surface area contributed by atoms with Gasteiger partial charge in [-0.15, -0.1) is 0 Å². The monoisotopic (exact) mass is 702 g/mol. The van der Waals surface area contributed by atoms with Crippen molar-refractivity contribution in [2.24, 2.45) is 0 Å². The van der Waals surface area contributed by atoms with E-state index in [1.807, 2.05) is 12.1 Å². The topological polar surface area (TPSA) is 21.3 Å². The van der Waals surface area contributed by atoms with Gasteiger partial charge < -0.3 is 13.9 Å². The Hall–Kier alpha value is -7.36. The summed E-state index contributed by atoms with van der Waals surface area (Å²) in [6.07, 6.45) is 0. The quantitative estimate of drug-likeness (QED) is 0.172. The Kier molecular flexibility index (Phi) is 7.17. The molecule has 0 N–H and O–H groups in total. The zero-order valence-corrected chi connectivity index (χ0v) is 29.9. The molecule has 11 aromatic rings. The second-order valence-electron chi connectivity index (χ2n) is 14.2. The molecule has 2 heterocycles. The minimum atomic E-state index is 0.886. The van der Waals surface area contributed by atoms with E-state index in [1.165, 1.54) is 54.8 Å². The molecule has 0 aliphatic rings. The van der Waals surface area contributed by atoms with Crippen LogP contribution in [0.5, 0.6) is 0 Å². The Morgan fingerprint density at radius 2 is 0.891 bits per heavy atom. The lowest BCUT2D eigenvalue weighted by atomic mass is 10.0. The highest BCUT2D eigenvalue weighted by Gasteiger charge is 2.17. The van der Waals surface area contributed by atoms with Crippen LogP contribution in [-0.4, -0.2) is 4.57 Å². The molecule has 0 fully saturated rings. The van der Waals surface area contributed by atoms with Gasteiger partial charge in [0, 0.05) is 44.3 Å². The summed E-state index contributed by atoms with van der Waals surface area (Å²) in [6.45, 7) is 0. The zero-order chi connectivity index (χ0) is 36.3. The summed E-state index contributed by atoms with van der Waals surface area (Å²) in [6, 6.07) is 73.9. The van der Waals surface area contributed by atoms with Gasteiger partial charge in [0.05, 0.1) is 11.0 Å². The molecule has 0 amide bonds. The van der Waals surface area contributed by atoms with Crippen molar-refractivity contribution < 1.29 is 4.42 Å². The molecule has 0 atom stereocenters. The Bertz CT molecular complexity index is 3170. The average molecular weight is 703 g/mol. The van der Waals surface area contributed by atoms with Gasteiger partial charge in [-0.2, -0.15) is 0 Å². The SMILES string of the molecule is c1ccc(-c2ccc(N(c3ccc(-c4ccc(-n5c6ccccc6c6c7ccccc7ccc65)cc4)cc3)c3ccc4oc5ccccc5c4c3)cc2)cc1. The predicted molar refractivity (Wildman–Crippen MR) is 231 cm³/mol. The highest BCUT2D eigenvalue weighted by molar-refractivity contribution is 6.21. The first kappa shape index (κ1) is 31.2. The van der Waals surface area contributed by atoms with E-state index >= 15 is 0 Å². The van der Waals surface area contributed by atoms with Crippen molar-refractivity contribution in [3.63, 3.8) is 0 Å². The summed E-state index contributed by atoms with van der Waals surface area (Å²) in [5, 5.41) is 7.33. The van der Waals surface area contributed by atoms with Crippen LogP contribution in [0.15, 0.2) is 211 Å². The van der Waals surface area contributed by atoms with Gasteiger partial charge in [-0.05, 0) is 106 Å². The molecular formula is C52H34N2O. The molecule has 0 aliphatic heterocycles. The van der Waals surface area contributed by atoms with Crippen molar-refractivity contribution in [1.29, 1.82) is 0 Å². The lowest BCUT2D eigenvalue weighted by molar-refractivity contribution is 0.669. The van der Waals surface area contributed by atoms with Gasteiger partial charge in [-0.3, -0.25) is 0 Å². The Balaban J connectivity index is 0.974. The molecule has 0 saturated heterocycles. The average Bonchev–Trinajstić information content (AvgIpc) is 3.81. The molecule has 55 heavy (non-hydrogen) atoms. The van der Waals surface area contributed by atoms with E-state index in [4.69, 9.17) is 4.42 Å². The van der Waals surface area contributed by atoms with Gasteiger partial charge in [0.2, 0.25) is 0 Å². The fraction of sp³-hybridized carbons (Fsp3) is 0. The zero-order valence-electron chi connectivity index (χ0n) is 29.9.